The van der Waals surface area contributed by atoms with Crippen LogP contribution in [0.1, 0.15) is 12.5 Å². The van der Waals surface area contributed by atoms with Crippen molar-refractivity contribution in [2.24, 2.45) is 0 Å². The minimum atomic E-state index is -3.25. The molecule has 5 nitrogen and oxygen atoms in total. The lowest BCUT2D eigenvalue weighted by Gasteiger charge is -2.18. The molecule has 0 unspecified atom stereocenters. The van der Waals surface area contributed by atoms with E-state index < -0.39 is 9.84 Å². The zero-order valence-corrected chi connectivity index (χ0v) is 19.3. The van der Waals surface area contributed by atoms with Crippen LogP contribution in [0.15, 0.2) is 71.6 Å². The van der Waals surface area contributed by atoms with E-state index >= 15 is 0 Å². The first-order chi connectivity index (χ1) is 14.7. The summed E-state index contributed by atoms with van der Waals surface area (Å²) in [5.74, 6) is -0.161. The Labute approximate surface area is 188 Å². The van der Waals surface area contributed by atoms with Gasteiger partial charge >= 0.3 is 0 Å². The fourth-order valence-electron chi connectivity index (χ4n) is 3.27. The summed E-state index contributed by atoms with van der Waals surface area (Å²) in [5, 5.41) is 3.39. The number of rotatable bonds is 7. The van der Waals surface area contributed by atoms with E-state index in [2.05, 4.69) is 5.32 Å². The van der Waals surface area contributed by atoms with Crippen molar-refractivity contribution in [1.29, 1.82) is 0 Å². The van der Waals surface area contributed by atoms with Crippen LogP contribution in [0.4, 0.5) is 11.4 Å². The van der Waals surface area contributed by atoms with Gasteiger partial charge in [-0.15, -0.1) is 0 Å². The van der Waals surface area contributed by atoms with Crippen molar-refractivity contribution in [2.45, 2.75) is 18.2 Å². The summed E-state index contributed by atoms with van der Waals surface area (Å²) in [6, 6.07) is 19.8. The summed E-state index contributed by atoms with van der Waals surface area (Å²) in [6.45, 7) is 1.60. The number of carbonyl (C=O) groups excluding carboxylic acids is 1. The number of nitrogens with zero attached hydrogens (tertiary/aromatic N) is 1. The van der Waals surface area contributed by atoms with Gasteiger partial charge in [0.25, 0.3) is 0 Å². The lowest BCUT2D eigenvalue weighted by molar-refractivity contribution is -0.115. The van der Waals surface area contributed by atoms with Crippen LogP contribution in [0, 0.1) is 0 Å². The smallest absolute Gasteiger partial charge is 0.228 e. The van der Waals surface area contributed by atoms with Crippen LogP contribution in [-0.4, -0.2) is 34.2 Å². The highest BCUT2D eigenvalue weighted by Gasteiger charge is 2.13. The molecule has 0 radical (unpaired) electrons. The molecule has 7 heteroatoms. The normalized spacial score (nSPS) is 11.2. The van der Waals surface area contributed by atoms with Crippen molar-refractivity contribution >= 4 is 38.7 Å². The molecule has 0 aromatic heterocycles. The molecule has 0 heterocycles. The second kappa shape index (κ2) is 9.54. The summed E-state index contributed by atoms with van der Waals surface area (Å²) < 4.78 is 23.8. The molecule has 0 spiro atoms. The van der Waals surface area contributed by atoms with Crippen LogP contribution in [0.2, 0.25) is 5.02 Å². The van der Waals surface area contributed by atoms with Gasteiger partial charge in [-0.1, -0.05) is 54.9 Å². The molecule has 0 aliphatic rings. The van der Waals surface area contributed by atoms with Gasteiger partial charge in [-0.25, -0.2) is 8.42 Å². The number of amides is 1. The van der Waals surface area contributed by atoms with Gasteiger partial charge in [0.05, 0.1) is 22.1 Å². The van der Waals surface area contributed by atoms with E-state index in [1.165, 1.54) is 12.1 Å². The van der Waals surface area contributed by atoms with E-state index in [1.807, 2.05) is 55.4 Å². The van der Waals surface area contributed by atoms with Crippen LogP contribution in [0.3, 0.4) is 0 Å². The Morgan fingerprint density at radius 2 is 1.65 bits per heavy atom. The molecular weight excluding hydrogens is 432 g/mol. The number of nitrogens with one attached hydrogen (secondary N) is 1. The third-order valence-electron chi connectivity index (χ3n) is 4.96. The third-order valence-corrected chi connectivity index (χ3v) is 7.02. The van der Waals surface area contributed by atoms with Gasteiger partial charge in [-0.3, -0.25) is 4.79 Å². The second-order valence-electron chi connectivity index (χ2n) is 7.38. The Balaban J connectivity index is 1.73. The Morgan fingerprint density at radius 1 is 0.968 bits per heavy atom. The van der Waals surface area contributed by atoms with E-state index in [-0.39, 0.29) is 23.0 Å². The summed E-state index contributed by atoms with van der Waals surface area (Å²) in [5.41, 5.74) is 4.28. The molecular formula is C24H25ClN2O3S. The monoisotopic (exact) mass is 456 g/mol. The fourth-order valence-corrected chi connectivity index (χ4v) is 4.44. The first kappa shape index (κ1) is 22.8. The lowest BCUT2D eigenvalue weighted by atomic mass is 10.0. The second-order valence-corrected chi connectivity index (χ2v) is 10.1. The number of para-hydroxylation sites is 1. The van der Waals surface area contributed by atoms with Crippen molar-refractivity contribution in [3.8, 4) is 11.1 Å². The fraction of sp³-hybridized carbons (Fsp3) is 0.208. The predicted octanol–water partition coefficient (Wildman–Crippen LogP) is 5.05. The van der Waals surface area contributed by atoms with Crippen LogP contribution < -0.4 is 10.2 Å². The van der Waals surface area contributed by atoms with Crippen molar-refractivity contribution in [1.82, 2.24) is 0 Å². The molecule has 0 aliphatic heterocycles. The van der Waals surface area contributed by atoms with Gasteiger partial charge < -0.3 is 10.2 Å². The quantitative estimate of drug-likeness (QED) is 0.540. The number of hydrogen-bond donors (Lipinski definition) is 1. The standard InChI is InChI=1S/C24H25ClN2O3S/c1-4-31(29,30)19-12-9-17(10-13-19)15-24(28)26-18-11-14-20(22(25)16-18)21-7-5-6-8-23(21)27(2)3/h5-14,16H,4,15H2,1-3H3,(H,26,28). The lowest BCUT2D eigenvalue weighted by Crippen LogP contribution is -2.14. The van der Waals surface area contributed by atoms with Crippen LogP contribution >= 0.6 is 11.6 Å². The largest absolute Gasteiger partial charge is 0.377 e. The maximum Gasteiger partial charge on any atom is 0.228 e. The molecule has 0 aliphatic carbocycles. The minimum Gasteiger partial charge on any atom is -0.377 e. The van der Waals surface area contributed by atoms with Gasteiger partial charge in [0, 0.05) is 36.6 Å². The van der Waals surface area contributed by atoms with E-state index in [9.17, 15) is 13.2 Å². The zero-order valence-electron chi connectivity index (χ0n) is 17.7. The van der Waals surface area contributed by atoms with E-state index in [0.29, 0.717) is 10.7 Å². The molecule has 3 aromatic rings. The van der Waals surface area contributed by atoms with Crippen molar-refractivity contribution < 1.29 is 13.2 Å². The van der Waals surface area contributed by atoms with Crippen molar-refractivity contribution in [3.63, 3.8) is 0 Å². The Morgan fingerprint density at radius 3 is 2.26 bits per heavy atom. The molecule has 0 saturated heterocycles. The molecule has 0 fully saturated rings. The number of sulfone groups is 1. The number of anilines is 2. The summed E-state index contributed by atoms with van der Waals surface area (Å²) in [6.07, 6.45) is 0.134. The maximum atomic E-state index is 12.5. The van der Waals surface area contributed by atoms with Gasteiger partial charge in [-0.05, 0) is 35.9 Å². The van der Waals surface area contributed by atoms with Gasteiger partial charge in [0.2, 0.25) is 5.91 Å². The molecule has 3 rings (SSSR count). The van der Waals surface area contributed by atoms with Crippen LogP contribution in [0.25, 0.3) is 11.1 Å². The van der Waals surface area contributed by atoms with Crippen LogP contribution in [0.5, 0.6) is 0 Å². The number of halogens is 1. The van der Waals surface area contributed by atoms with E-state index in [1.54, 1.807) is 25.1 Å². The number of carbonyl (C=O) groups is 1. The third kappa shape index (κ3) is 5.46. The molecule has 31 heavy (non-hydrogen) atoms. The average molecular weight is 457 g/mol. The van der Waals surface area contributed by atoms with Crippen molar-refractivity contribution in [2.75, 3.05) is 30.1 Å². The van der Waals surface area contributed by atoms with E-state index in [0.717, 1.165) is 22.4 Å². The molecule has 0 saturated carbocycles. The summed E-state index contributed by atoms with van der Waals surface area (Å²) >= 11 is 6.53. The molecule has 162 valence electrons. The minimum absolute atomic E-state index is 0.0443. The highest BCUT2D eigenvalue weighted by Crippen LogP contribution is 2.36. The highest BCUT2D eigenvalue weighted by atomic mass is 35.5. The van der Waals surface area contributed by atoms with Gasteiger partial charge in [0.1, 0.15) is 0 Å². The number of hydrogen-bond acceptors (Lipinski definition) is 4. The maximum absolute atomic E-state index is 12.5. The summed E-state index contributed by atoms with van der Waals surface area (Å²) in [4.78, 5) is 14.7. The zero-order chi connectivity index (χ0) is 22.6. The van der Waals surface area contributed by atoms with E-state index in [4.69, 9.17) is 11.6 Å². The van der Waals surface area contributed by atoms with Crippen molar-refractivity contribution in [3.05, 3.63) is 77.3 Å². The molecule has 1 N–H and O–H groups in total. The SMILES string of the molecule is CCS(=O)(=O)c1ccc(CC(=O)Nc2ccc(-c3ccccc3N(C)C)c(Cl)c2)cc1. The molecule has 0 bridgehead atoms. The Hall–Kier alpha value is -2.83. The summed E-state index contributed by atoms with van der Waals surface area (Å²) in [7, 11) is 0.705. The molecule has 3 aromatic carbocycles. The average Bonchev–Trinajstić information content (AvgIpc) is 2.74. The first-order valence-electron chi connectivity index (χ1n) is 9.89. The van der Waals surface area contributed by atoms with Crippen LogP contribution in [-0.2, 0) is 21.1 Å². The van der Waals surface area contributed by atoms with Gasteiger partial charge in [-0.2, -0.15) is 0 Å². The Bertz CT molecular complexity index is 1190. The molecule has 1 amide bonds. The first-order valence-corrected chi connectivity index (χ1v) is 11.9. The Kier molecular flexibility index (Phi) is 7.03. The van der Waals surface area contributed by atoms with Gasteiger partial charge in [0.15, 0.2) is 9.84 Å². The predicted molar refractivity (Wildman–Crippen MR) is 128 cm³/mol. The topological polar surface area (TPSA) is 66.5 Å². The molecule has 0 atom stereocenters. The number of benzene rings is 3. The highest BCUT2D eigenvalue weighted by molar-refractivity contribution is 7.91.